The van der Waals surface area contributed by atoms with Crippen molar-refractivity contribution in [3.05, 3.63) is 28.3 Å². The molecule has 0 amide bonds. The summed E-state index contributed by atoms with van der Waals surface area (Å²) in [6.45, 7) is 8.25. The molecule has 0 unspecified atom stereocenters. The smallest absolute Gasteiger partial charge is 0.226 e. The molecule has 1 aliphatic carbocycles. The summed E-state index contributed by atoms with van der Waals surface area (Å²) >= 11 is 1.73. The van der Waals surface area contributed by atoms with Crippen molar-refractivity contribution in [2.24, 2.45) is 11.3 Å². The number of piperidine rings is 1. The number of rotatable bonds is 7. The molecule has 7 heteroatoms. The second-order valence-electron chi connectivity index (χ2n) is 7.87. The first-order valence-corrected chi connectivity index (χ1v) is 10.2. The highest BCUT2D eigenvalue weighted by Gasteiger charge is 2.56. The Balaban J connectivity index is 1.47. The summed E-state index contributed by atoms with van der Waals surface area (Å²) in [6, 6.07) is 0.616. The molecule has 2 aromatic rings. The summed E-state index contributed by atoms with van der Waals surface area (Å²) in [4.78, 5) is 11.6. The number of hydrogen-bond donors (Lipinski definition) is 1. The molecule has 25 heavy (non-hydrogen) atoms. The lowest BCUT2D eigenvalue weighted by atomic mass is 9.93. The van der Waals surface area contributed by atoms with Crippen molar-refractivity contribution in [1.29, 1.82) is 0 Å². The van der Waals surface area contributed by atoms with Gasteiger partial charge in [-0.2, -0.15) is 4.98 Å². The summed E-state index contributed by atoms with van der Waals surface area (Å²) < 4.78 is 5.44. The fourth-order valence-corrected chi connectivity index (χ4v) is 4.69. The van der Waals surface area contributed by atoms with Crippen LogP contribution in [-0.2, 0) is 19.5 Å². The topological polar surface area (TPSA) is 67.1 Å². The van der Waals surface area contributed by atoms with Crippen LogP contribution >= 0.6 is 11.3 Å². The predicted octanol–water partition coefficient (Wildman–Crippen LogP) is 2.87. The van der Waals surface area contributed by atoms with E-state index in [4.69, 9.17) is 4.52 Å². The summed E-state index contributed by atoms with van der Waals surface area (Å²) in [7, 11) is 0. The Morgan fingerprint density at radius 2 is 2.20 bits per heavy atom. The van der Waals surface area contributed by atoms with Gasteiger partial charge in [-0.1, -0.05) is 19.0 Å². The first-order chi connectivity index (χ1) is 12.1. The Morgan fingerprint density at radius 1 is 1.36 bits per heavy atom. The van der Waals surface area contributed by atoms with Crippen molar-refractivity contribution < 1.29 is 4.52 Å². The van der Waals surface area contributed by atoms with Crippen LogP contribution in [0, 0.1) is 11.3 Å². The Labute approximate surface area is 153 Å². The van der Waals surface area contributed by atoms with Gasteiger partial charge >= 0.3 is 0 Å². The average molecular weight is 362 g/mol. The van der Waals surface area contributed by atoms with Crippen LogP contribution in [0.1, 0.15) is 49.8 Å². The molecule has 1 atom stereocenters. The second-order valence-corrected chi connectivity index (χ2v) is 8.84. The molecule has 1 aliphatic heterocycles. The van der Waals surface area contributed by atoms with E-state index < -0.39 is 0 Å². The highest BCUT2D eigenvalue weighted by Crippen LogP contribution is 2.56. The molecular weight excluding hydrogens is 334 g/mol. The van der Waals surface area contributed by atoms with Gasteiger partial charge in [-0.05, 0) is 43.7 Å². The van der Waals surface area contributed by atoms with E-state index in [1.807, 2.05) is 6.20 Å². The van der Waals surface area contributed by atoms with Gasteiger partial charge in [0.1, 0.15) is 5.01 Å². The maximum Gasteiger partial charge on any atom is 0.226 e. The number of aromatic nitrogens is 3. The van der Waals surface area contributed by atoms with Gasteiger partial charge in [0.2, 0.25) is 5.89 Å². The van der Waals surface area contributed by atoms with Crippen molar-refractivity contribution in [1.82, 2.24) is 25.3 Å². The minimum atomic E-state index is 0.493. The molecule has 0 radical (unpaired) electrons. The summed E-state index contributed by atoms with van der Waals surface area (Å²) in [5, 5.41) is 10.9. The first kappa shape index (κ1) is 17.1. The third-order valence-corrected chi connectivity index (χ3v) is 6.21. The van der Waals surface area contributed by atoms with Crippen LogP contribution in [0.15, 0.2) is 16.1 Å². The van der Waals surface area contributed by atoms with Crippen LogP contribution in [0.4, 0.5) is 0 Å². The highest BCUT2D eigenvalue weighted by molar-refractivity contribution is 7.09. The SMILES string of the molecule is CC(C)Cc1nc(CN(Cc2nccs2)[C@H]2CC23CCNCC3)no1. The van der Waals surface area contributed by atoms with E-state index >= 15 is 0 Å². The van der Waals surface area contributed by atoms with Crippen LogP contribution in [-0.4, -0.2) is 39.2 Å². The van der Waals surface area contributed by atoms with E-state index in [2.05, 4.69) is 44.6 Å². The Bertz CT molecular complexity index is 677. The van der Waals surface area contributed by atoms with Gasteiger partial charge in [0, 0.05) is 24.0 Å². The molecule has 1 saturated carbocycles. The monoisotopic (exact) mass is 361 g/mol. The number of hydrogen-bond acceptors (Lipinski definition) is 7. The summed E-state index contributed by atoms with van der Waals surface area (Å²) in [5.41, 5.74) is 0.493. The minimum absolute atomic E-state index is 0.493. The third kappa shape index (κ3) is 3.93. The van der Waals surface area contributed by atoms with Gasteiger partial charge in [0.05, 0.1) is 13.1 Å². The zero-order chi connectivity index (χ0) is 17.3. The average Bonchev–Trinajstić information content (AvgIpc) is 2.96. The van der Waals surface area contributed by atoms with Crippen molar-refractivity contribution in [3.63, 3.8) is 0 Å². The van der Waals surface area contributed by atoms with Crippen LogP contribution < -0.4 is 5.32 Å². The largest absolute Gasteiger partial charge is 0.339 e. The maximum absolute atomic E-state index is 5.44. The lowest BCUT2D eigenvalue weighted by Crippen LogP contribution is -2.36. The van der Waals surface area contributed by atoms with Gasteiger partial charge < -0.3 is 9.84 Å². The van der Waals surface area contributed by atoms with Crippen LogP contribution in [0.2, 0.25) is 0 Å². The van der Waals surface area contributed by atoms with E-state index in [0.717, 1.165) is 44.3 Å². The molecular formula is C18H27N5OS. The van der Waals surface area contributed by atoms with Crippen molar-refractivity contribution >= 4 is 11.3 Å². The van der Waals surface area contributed by atoms with E-state index in [1.165, 1.54) is 24.3 Å². The number of nitrogens with zero attached hydrogens (tertiary/aromatic N) is 4. The maximum atomic E-state index is 5.44. The molecule has 2 aromatic heterocycles. The molecule has 1 spiro atoms. The fourth-order valence-electron chi connectivity index (χ4n) is 4.05. The Morgan fingerprint density at radius 3 is 2.92 bits per heavy atom. The minimum Gasteiger partial charge on any atom is -0.339 e. The van der Waals surface area contributed by atoms with E-state index in [0.29, 0.717) is 17.4 Å². The summed E-state index contributed by atoms with van der Waals surface area (Å²) in [6.07, 6.45) is 6.57. The molecule has 0 bridgehead atoms. The predicted molar refractivity (Wildman–Crippen MR) is 97.1 cm³/mol. The molecule has 1 saturated heterocycles. The fraction of sp³-hybridized carbons (Fsp3) is 0.722. The molecule has 3 heterocycles. The second kappa shape index (κ2) is 7.13. The van der Waals surface area contributed by atoms with Gasteiger partial charge in [0.15, 0.2) is 5.82 Å². The van der Waals surface area contributed by atoms with Crippen molar-refractivity contribution in [2.75, 3.05) is 13.1 Å². The normalized spacial score (nSPS) is 22.2. The van der Waals surface area contributed by atoms with E-state index in [1.54, 1.807) is 11.3 Å². The van der Waals surface area contributed by atoms with Crippen molar-refractivity contribution in [2.45, 2.75) is 58.7 Å². The lowest BCUT2D eigenvalue weighted by Gasteiger charge is -2.28. The van der Waals surface area contributed by atoms with Crippen LogP contribution in [0.5, 0.6) is 0 Å². The van der Waals surface area contributed by atoms with Gasteiger partial charge in [-0.3, -0.25) is 4.90 Å². The van der Waals surface area contributed by atoms with Crippen LogP contribution in [0.25, 0.3) is 0 Å². The molecule has 6 nitrogen and oxygen atoms in total. The van der Waals surface area contributed by atoms with E-state index in [9.17, 15) is 0 Å². The van der Waals surface area contributed by atoms with Gasteiger partial charge in [-0.15, -0.1) is 11.3 Å². The quantitative estimate of drug-likeness (QED) is 0.818. The molecule has 1 N–H and O–H groups in total. The lowest BCUT2D eigenvalue weighted by molar-refractivity contribution is 0.182. The zero-order valence-corrected chi connectivity index (χ0v) is 15.9. The van der Waals surface area contributed by atoms with Crippen molar-refractivity contribution in [3.8, 4) is 0 Å². The first-order valence-electron chi connectivity index (χ1n) is 9.29. The molecule has 0 aromatic carbocycles. The van der Waals surface area contributed by atoms with Crippen LogP contribution in [0.3, 0.4) is 0 Å². The molecule has 2 fully saturated rings. The van der Waals surface area contributed by atoms with Gasteiger partial charge in [0.25, 0.3) is 0 Å². The molecule has 2 aliphatic rings. The molecule has 4 rings (SSSR count). The third-order valence-electron chi connectivity index (χ3n) is 5.45. The highest BCUT2D eigenvalue weighted by atomic mass is 32.1. The standard InChI is InChI=1S/C18H27N5OS/c1-13(2)9-16-21-15(22-24-16)11-23(12-17-20-7-8-25-17)14-10-18(14)3-5-19-6-4-18/h7-8,13-14,19H,3-6,9-12H2,1-2H3/t14-/m0/s1. The number of thiazole rings is 1. The van der Waals surface area contributed by atoms with E-state index in [-0.39, 0.29) is 0 Å². The zero-order valence-electron chi connectivity index (χ0n) is 15.1. The number of nitrogens with one attached hydrogen (secondary N) is 1. The molecule has 136 valence electrons. The summed E-state index contributed by atoms with van der Waals surface area (Å²) in [5.74, 6) is 2.09. The Kier molecular flexibility index (Phi) is 4.88. The Hall–Kier alpha value is -1.31. The van der Waals surface area contributed by atoms with Gasteiger partial charge in [-0.25, -0.2) is 4.98 Å².